The Labute approximate surface area is 143 Å². The summed E-state index contributed by atoms with van der Waals surface area (Å²) in [5.41, 5.74) is 0. The highest BCUT2D eigenvalue weighted by molar-refractivity contribution is 5.11. The Bertz CT molecular complexity index is 444. The molecule has 0 unspecified atom stereocenters. The fourth-order valence-corrected chi connectivity index (χ4v) is 5.18. The van der Waals surface area contributed by atoms with E-state index < -0.39 is 0 Å². The van der Waals surface area contributed by atoms with Gasteiger partial charge >= 0.3 is 0 Å². The molecule has 1 heterocycles. The maximum absolute atomic E-state index is 5.86. The third-order valence-corrected chi connectivity index (χ3v) is 6.71. The zero-order chi connectivity index (χ0) is 16.1. The molecule has 0 bridgehead atoms. The molecular weight excluding hydrogens is 280 g/mol. The van der Waals surface area contributed by atoms with Gasteiger partial charge in [0, 0.05) is 5.92 Å². The lowest BCUT2D eigenvalue weighted by Gasteiger charge is -2.37. The standard InChI is InChI=1S/C22H36O/c1-3-4-5-6-18-8-10-19(11-9-18)20-12-14-21(15-13-20)22-16-7-17(2)23-22/h7,16,18-21H,3-6,8-15H2,1-2H3. The Balaban J connectivity index is 1.39. The van der Waals surface area contributed by atoms with Crippen LogP contribution < -0.4 is 0 Å². The van der Waals surface area contributed by atoms with Crippen LogP contribution in [0.5, 0.6) is 0 Å². The summed E-state index contributed by atoms with van der Waals surface area (Å²) in [4.78, 5) is 0. The minimum absolute atomic E-state index is 0.699. The van der Waals surface area contributed by atoms with Crippen LogP contribution in [0.1, 0.15) is 101 Å². The second kappa shape index (κ2) is 8.40. The molecule has 2 aliphatic carbocycles. The third kappa shape index (κ3) is 4.64. The van der Waals surface area contributed by atoms with Crippen LogP contribution in [0.2, 0.25) is 0 Å². The summed E-state index contributed by atoms with van der Waals surface area (Å²) in [6.45, 7) is 4.38. The molecule has 0 aliphatic heterocycles. The van der Waals surface area contributed by atoms with Crippen molar-refractivity contribution in [3.05, 3.63) is 23.7 Å². The van der Waals surface area contributed by atoms with Gasteiger partial charge in [0.1, 0.15) is 11.5 Å². The van der Waals surface area contributed by atoms with Crippen LogP contribution in [0.15, 0.2) is 16.5 Å². The molecule has 0 aromatic carbocycles. The van der Waals surface area contributed by atoms with Crippen LogP contribution in [0.3, 0.4) is 0 Å². The molecule has 2 saturated carbocycles. The minimum atomic E-state index is 0.699. The van der Waals surface area contributed by atoms with Crippen molar-refractivity contribution in [3.63, 3.8) is 0 Å². The van der Waals surface area contributed by atoms with Crippen molar-refractivity contribution >= 4 is 0 Å². The monoisotopic (exact) mass is 316 g/mol. The van der Waals surface area contributed by atoms with Crippen molar-refractivity contribution < 1.29 is 4.42 Å². The van der Waals surface area contributed by atoms with E-state index in [-0.39, 0.29) is 0 Å². The number of hydrogen-bond acceptors (Lipinski definition) is 1. The van der Waals surface area contributed by atoms with E-state index in [1.807, 2.05) is 0 Å². The summed E-state index contributed by atoms with van der Waals surface area (Å²) in [6, 6.07) is 4.34. The molecule has 0 atom stereocenters. The number of furan rings is 1. The van der Waals surface area contributed by atoms with E-state index in [4.69, 9.17) is 4.42 Å². The van der Waals surface area contributed by atoms with E-state index in [1.54, 1.807) is 0 Å². The normalized spacial score (nSPS) is 32.1. The zero-order valence-corrected chi connectivity index (χ0v) is 15.4. The third-order valence-electron chi connectivity index (χ3n) is 6.71. The fourth-order valence-electron chi connectivity index (χ4n) is 5.18. The van der Waals surface area contributed by atoms with Gasteiger partial charge < -0.3 is 4.42 Å². The Morgan fingerprint density at radius 3 is 2.09 bits per heavy atom. The predicted molar refractivity (Wildman–Crippen MR) is 97.7 cm³/mol. The molecule has 0 saturated heterocycles. The summed E-state index contributed by atoms with van der Waals surface area (Å²) in [6.07, 6.45) is 17.5. The van der Waals surface area contributed by atoms with E-state index in [9.17, 15) is 0 Å². The molecule has 2 fully saturated rings. The molecule has 1 nitrogen and oxygen atoms in total. The van der Waals surface area contributed by atoms with Crippen molar-refractivity contribution in [2.24, 2.45) is 17.8 Å². The maximum Gasteiger partial charge on any atom is 0.107 e. The molecule has 0 radical (unpaired) electrons. The van der Waals surface area contributed by atoms with E-state index in [2.05, 4.69) is 26.0 Å². The van der Waals surface area contributed by atoms with Crippen LogP contribution in [0.4, 0.5) is 0 Å². The molecule has 1 heteroatoms. The molecule has 0 N–H and O–H groups in total. The first-order chi connectivity index (χ1) is 11.3. The molecule has 130 valence electrons. The van der Waals surface area contributed by atoms with Gasteiger partial charge in [-0.05, 0) is 75.3 Å². The number of rotatable bonds is 6. The van der Waals surface area contributed by atoms with E-state index in [1.165, 1.54) is 82.8 Å². The van der Waals surface area contributed by atoms with Crippen molar-refractivity contribution in [2.45, 2.75) is 96.8 Å². The number of hydrogen-bond donors (Lipinski definition) is 0. The van der Waals surface area contributed by atoms with Crippen molar-refractivity contribution in [1.29, 1.82) is 0 Å². The Morgan fingerprint density at radius 2 is 1.52 bits per heavy atom. The van der Waals surface area contributed by atoms with Crippen LogP contribution in [0, 0.1) is 24.7 Å². The van der Waals surface area contributed by atoms with Crippen LogP contribution in [-0.2, 0) is 0 Å². The van der Waals surface area contributed by atoms with Crippen molar-refractivity contribution in [3.8, 4) is 0 Å². The molecule has 1 aromatic heterocycles. The summed E-state index contributed by atoms with van der Waals surface area (Å²) in [7, 11) is 0. The van der Waals surface area contributed by atoms with Gasteiger partial charge in [-0.25, -0.2) is 0 Å². The second-order valence-electron chi connectivity index (χ2n) is 8.34. The first-order valence-electron chi connectivity index (χ1n) is 10.3. The summed E-state index contributed by atoms with van der Waals surface area (Å²) in [5, 5.41) is 0. The highest BCUT2D eigenvalue weighted by Crippen LogP contribution is 2.44. The smallest absolute Gasteiger partial charge is 0.107 e. The molecule has 0 spiro atoms. The molecule has 3 rings (SSSR count). The largest absolute Gasteiger partial charge is 0.466 e. The fraction of sp³-hybridized carbons (Fsp3) is 0.818. The number of unbranched alkanes of at least 4 members (excludes halogenated alkanes) is 2. The van der Waals surface area contributed by atoms with Gasteiger partial charge in [-0.1, -0.05) is 45.4 Å². The summed E-state index contributed by atoms with van der Waals surface area (Å²) in [5.74, 6) is 6.13. The maximum atomic E-state index is 5.86. The molecule has 0 amide bonds. The lowest BCUT2D eigenvalue weighted by atomic mass is 9.68. The topological polar surface area (TPSA) is 13.1 Å². The second-order valence-corrected chi connectivity index (χ2v) is 8.34. The Hall–Kier alpha value is -0.720. The van der Waals surface area contributed by atoms with E-state index in [0.717, 1.165) is 23.5 Å². The highest BCUT2D eigenvalue weighted by Gasteiger charge is 2.31. The zero-order valence-electron chi connectivity index (χ0n) is 15.4. The SMILES string of the molecule is CCCCCC1CCC(C2CCC(c3ccc(C)o3)CC2)CC1. The van der Waals surface area contributed by atoms with Gasteiger partial charge in [-0.3, -0.25) is 0 Å². The lowest BCUT2D eigenvalue weighted by Crippen LogP contribution is -2.25. The molecule has 23 heavy (non-hydrogen) atoms. The van der Waals surface area contributed by atoms with Crippen molar-refractivity contribution in [1.82, 2.24) is 0 Å². The van der Waals surface area contributed by atoms with Gasteiger partial charge in [0.2, 0.25) is 0 Å². The van der Waals surface area contributed by atoms with Gasteiger partial charge in [0.25, 0.3) is 0 Å². The Kier molecular flexibility index (Phi) is 6.25. The quantitative estimate of drug-likeness (QED) is 0.504. The van der Waals surface area contributed by atoms with Crippen molar-refractivity contribution in [2.75, 3.05) is 0 Å². The summed E-state index contributed by atoms with van der Waals surface area (Å²) >= 11 is 0. The average Bonchev–Trinajstić information content (AvgIpc) is 3.02. The molecule has 1 aromatic rings. The van der Waals surface area contributed by atoms with Gasteiger partial charge in [0.05, 0.1) is 0 Å². The van der Waals surface area contributed by atoms with Crippen LogP contribution >= 0.6 is 0 Å². The van der Waals surface area contributed by atoms with Gasteiger partial charge in [0.15, 0.2) is 0 Å². The minimum Gasteiger partial charge on any atom is -0.466 e. The first-order valence-corrected chi connectivity index (χ1v) is 10.3. The summed E-state index contributed by atoms with van der Waals surface area (Å²) < 4.78 is 5.86. The van der Waals surface area contributed by atoms with Gasteiger partial charge in [-0.15, -0.1) is 0 Å². The van der Waals surface area contributed by atoms with Gasteiger partial charge in [-0.2, -0.15) is 0 Å². The Morgan fingerprint density at radius 1 is 0.870 bits per heavy atom. The average molecular weight is 317 g/mol. The number of aryl methyl sites for hydroxylation is 1. The first kappa shape index (κ1) is 17.1. The lowest BCUT2D eigenvalue weighted by molar-refractivity contribution is 0.152. The molecular formula is C22H36O. The predicted octanol–water partition coefficient (Wildman–Crippen LogP) is 7.25. The van der Waals surface area contributed by atoms with Crippen LogP contribution in [-0.4, -0.2) is 0 Å². The molecule has 2 aliphatic rings. The van der Waals surface area contributed by atoms with Crippen LogP contribution in [0.25, 0.3) is 0 Å². The van der Waals surface area contributed by atoms with E-state index >= 15 is 0 Å². The van der Waals surface area contributed by atoms with E-state index in [0.29, 0.717) is 5.92 Å². The highest BCUT2D eigenvalue weighted by atomic mass is 16.3.